The molecule has 0 fully saturated rings. The van der Waals surface area contributed by atoms with Gasteiger partial charge in [-0.3, -0.25) is 4.68 Å². The molecule has 0 aliphatic heterocycles. The summed E-state index contributed by atoms with van der Waals surface area (Å²) in [6.07, 6.45) is 4.70. The first kappa shape index (κ1) is 15.2. The molecular weight excluding hydrogens is 266 g/mol. The van der Waals surface area contributed by atoms with Crippen LogP contribution in [0.3, 0.4) is 0 Å². The molecule has 4 N–H and O–H groups in total. The van der Waals surface area contributed by atoms with Gasteiger partial charge >= 0.3 is 0 Å². The zero-order chi connectivity index (χ0) is 15.3. The van der Waals surface area contributed by atoms with Gasteiger partial charge in [0, 0.05) is 37.0 Å². The number of nitrogen functional groups attached to an aromatic ring is 1. The molecule has 0 radical (unpaired) electrons. The second-order valence-corrected chi connectivity index (χ2v) is 5.91. The highest BCUT2D eigenvalue weighted by molar-refractivity contribution is 5.47. The van der Waals surface area contributed by atoms with E-state index in [2.05, 4.69) is 46.6 Å². The quantitative estimate of drug-likeness (QED) is 0.426. The number of nitrogens with one attached hydrogen (secondary N) is 2. The minimum absolute atomic E-state index is 0.127. The van der Waals surface area contributed by atoms with E-state index < -0.39 is 0 Å². The van der Waals surface area contributed by atoms with Crippen LogP contribution in [0, 0.1) is 0 Å². The molecule has 2 rings (SSSR count). The van der Waals surface area contributed by atoms with E-state index in [4.69, 9.17) is 5.84 Å². The molecule has 0 bridgehead atoms. The third-order valence-electron chi connectivity index (χ3n) is 2.97. The van der Waals surface area contributed by atoms with Crippen LogP contribution >= 0.6 is 0 Å². The minimum Gasteiger partial charge on any atom is -0.370 e. The summed E-state index contributed by atoms with van der Waals surface area (Å²) in [6, 6.07) is 3.73. The van der Waals surface area contributed by atoms with E-state index in [1.165, 1.54) is 0 Å². The fourth-order valence-electron chi connectivity index (χ4n) is 1.84. The third-order valence-corrected chi connectivity index (χ3v) is 2.97. The van der Waals surface area contributed by atoms with Gasteiger partial charge in [-0.2, -0.15) is 5.10 Å². The lowest BCUT2D eigenvalue weighted by molar-refractivity contribution is 0.546. The second-order valence-electron chi connectivity index (χ2n) is 5.91. The topological polar surface area (TPSA) is 93.7 Å². The summed E-state index contributed by atoms with van der Waals surface area (Å²) in [5, 5.41) is 7.48. The molecule has 2 aromatic rings. The summed E-state index contributed by atoms with van der Waals surface area (Å²) in [7, 11) is 0. The van der Waals surface area contributed by atoms with Gasteiger partial charge in [-0.1, -0.05) is 20.8 Å². The van der Waals surface area contributed by atoms with Crippen molar-refractivity contribution >= 4 is 11.6 Å². The second kappa shape index (κ2) is 6.53. The highest BCUT2D eigenvalue weighted by atomic mass is 15.3. The molecule has 0 aromatic carbocycles. The van der Waals surface area contributed by atoms with Gasteiger partial charge in [0.2, 0.25) is 0 Å². The summed E-state index contributed by atoms with van der Waals surface area (Å²) in [5.74, 6) is 7.62. The summed E-state index contributed by atoms with van der Waals surface area (Å²) in [5.41, 5.74) is 2.46. The Labute approximate surface area is 124 Å². The average Bonchev–Trinajstić information content (AvgIpc) is 2.95. The van der Waals surface area contributed by atoms with Crippen LogP contribution in [0.15, 0.2) is 24.5 Å². The maximum absolute atomic E-state index is 5.47. The molecule has 0 unspecified atom stereocenters. The van der Waals surface area contributed by atoms with Crippen molar-refractivity contribution in [1.29, 1.82) is 0 Å². The lowest BCUT2D eigenvalue weighted by atomic mass is 9.96. The van der Waals surface area contributed by atoms with Crippen LogP contribution in [-0.4, -0.2) is 26.3 Å². The lowest BCUT2D eigenvalue weighted by Crippen LogP contribution is -2.20. The van der Waals surface area contributed by atoms with Gasteiger partial charge in [0.05, 0.1) is 0 Å². The van der Waals surface area contributed by atoms with Crippen LogP contribution in [0.4, 0.5) is 11.6 Å². The molecule has 0 saturated carbocycles. The largest absolute Gasteiger partial charge is 0.370 e. The van der Waals surface area contributed by atoms with Crippen LogP contribution in [0.1, 0.15) is 33.0 Å². The van der Waals surface area contributed by atoms with Crippen molar-refractivity contribution in [2.45, 2.75) is 39.2 Å². The standard InChI is InChI=1S/C14H23N7/c1-14(2,3)13-18-11(10-12(19-13)20-15)16-6-4-8-21-9-5-7-17-21/h5,7,9-10H,4,6,8,15H2,1-3H3,(H2,16,18,19,20). The van der Waals surface area contributed by atoms with Crippen molar-refractivity contribution < 1.29 is 0 Å². The Hall–Kier alpha value is -2.15. The molecular formula is C14H23N7. The maximum Gasteiger partial charge on any atom is 0.145 e. The summed E-state index contributed by atoms with van der Waals surface area (Å²) in [4.78, 5) is 8.94. The Morgan fingerprint density at radius 3 is 2.62 bits per heavy atom. The van der Waals surface area contributed by atoms with E-state index in [0.717, 1.165) is 31.2 Å². The fraction of sp³-hybridized carbons (Fsp3) is 0.500. The Balaban J connectivity index is 1.95. The van der Waals surface area contributed by atoms with Gasteiger partial charge < -0.3 is 10.7 Å². The van der Waals surface area contributed by atoms with Crippen molar-refractivity contribution in [3.05, 3.63) is 30.4 Å². The highest BCUT2D eigenvalue weighted by Crippen LogP contribution is 2.21. The predicted octanol–water partition coefficient (Wildman–Crippen LogP) is 1.76. The van der Waals surface area contributed by atoms with Crippen LogP contribution in [-0.2, 0) is 12.0 Å². The number of rotatable bonds is 6. The van der Waals surface area contributed by atoms with Gasteiger partial charge in [-0.15, -0.1) is 0 Å². The normalized spacial score (nSPS) is 11.4. The van der Waals surface area contributed by atoms with Gasteiger partial charge in [-0.05, 0) is 12.5 Å². The third kappa shape index (κ3) is 4.42. The monoisotopic (exact) mass is 289 g/mol. The fourth-order valence-corrected chi connectivity index (χ4v) is 1.84. The number of aromatic nitrogens is 4. The molecule has 21 heavy (non-hydrogen) atoms. The zero-order valence-electron chi connectivity index (χ0n) is 12.8. The van der Waals surface area contributed by atoms with Gasteiger partial charge in [-0.25, -0.2) is 15.8 Å². The first-order valence-corrected chi connectivity index (χ1v) is 7.06. The van der Waals surface area contributed by atoms with Crippen molar-refractivity contribution in [2.75, 3.05) is 17.3 Å². The maximum atomic E-state index is 5.47. The zero-order valence-corrected chi connectivity index (χ0v) is 12.8. The van der Waals surface area contributed by atoms with Crippen LogP contribution in [0.25, 0.3) is 0 Å². The molecule has 7 nitrogen and oxygen atoms in total. The first-order valence-electron chi connectivity index (χ1n) is 7.06. The molecule has 2 aromatic heterocycles. The number of aryl methyl sites for hydroxylation is 1. The first-order chi connectivity index (χ1) is 9.99. The molecule has 2 heterocycles. The summed E-state index contributed by atoms with van der Waals surface area (Å²) < 4.78 is 1.91. The molecule has 7 heteroatoms. The van der Waals surface area contributed by atoms with Crippen molar-refractivity contribution in [3.63, 3.8) is 0 Å². The molecule has 0 saturated heterocycles. The molecule has 0 aliphatic rings. The molecule has 0 aliphatic carbocycles. The Bertz CT molecular complexity index is 557. The Morgan fingerprint density at radius 1 is 1.24 bits per heavy atom. The highest BCUT2D eigenvalue weighted by Gasteiger charge is 2.18. The van der Waals surface area contributed by atoms with Gasteiger partial charge in [0.1, 0.15) is 17.5 Å². The van der Waals surface area contributed by atoms with Crippen molar-refractivity contribution in [3.8, 4) is 0 Å². The van der Waals surface area contributed by atoms with E-state index in [-0.39, 0.29) is 5.41 Å². The van der Waals surface area contributed by atoms with E-state index in [1.807, 2.05) is 23.0 Å². The number of nitrogens with zero attached hydrogens (tertiary/aromatic N) is 4. The van der Waals surface area contributed by atoms with Crippen molar-refractivity contribution in [1.82, 2.24) is 19.7 Å². The SMILES string of the molecule is CC(C)(C)c1nc(NN)cc(NCCCn2cccn2)n1. The van der Waals surface area contributed by atoms with Gasteiger partial charge in [0.25, 0.3) is 0 Å². The average molecular weight is 289 g/mol. The molecule has 0 spiro atoms. The van der Waals surface area contributed by atoms with Gasteiger partial charge in [0.15, 0.2) is 0 Å². The minimum atomic E-state index is -0.127. The van der Waals surface area contributed by atoms with Crippen LogP contribution in [0.2, 0.25) is 0 Å². The van der Waals surface area contributed by atoms with Crippen LogP contribution < -0.4 is 16.6 Å². The van der Waals surface area contributed by atoms with Crippen LogP contribution in [0.5, 0.6) is 0 Å². The number of nitrogens with two attached hydrogens (primary N) is 1. The predicted molar refractivity (Wildman–Crippen MR) is 83.9 cm³/mol. The van der Waals surface area contributed by atoms with Crippen molar-refractivity contribution in [2.24, 2.45) is 5.84 Å². The molecule has 0 amide bonds. The van der Waals surface area contributed by atoms with E-state index >= 15 is 0 Å². The van der Waals surface area contributed by atoms with E-state index in [0.29, 0.717) is 5.82 Å². The number of hydrogen-bond donors (Lipinski definition) is 3. The smallest absolute Gasteiger partial charge is 0.145 e. The summed E-state index contributed by atoms with van der Waals surface area (Å²) in [6.45, 7) is 7.90. The van der Waals surface area contributed by atoms with E-state index in [9.17, 15) is 0 Å². The molecule has 0 atom stereocenters. The number of hydrazine groups is 1. The lowest BCUT2D eigenvalue weighted by Gasteiger charge is -2.18. The number of hydrogen-bond acceptors (Lipinski definition) is 6. The number of anilines is 2. The van der Waals surface area contributed by atoms with E-state index in [1.54, 1.807) is 6.20 Å². The summed E-state index contributed by atoms with van der Waals surface area (Å²) >= 11 is 0. The Kier molecular flexibility index (Phi) is 4.74. The molecule has 114 valence electrons. The Morgan fingerprint density at radius 2 is 2.00 bits per heavy atom.